The molecule has 7 nitrogen and oxygen atoms in total. The predicted molar refractivity (Wildman–Crippen MR) is 90.5 cm³/mol. The van der Waals surface area contributed by atoms with Gasteiger partial charge in [-0.25, -0.2) is 4.98 Å². The van der Waals surface area contributed by atoms with Gasteiger partial charge >= 0.3 is 0 Å². The molecule has 24 heavy (non-hydrogen) atoms. The second-order valence-electron chi connectivity index (χ2n) is 5.52. The van der Waals surface area contributed by atoms with E-state index < -0.39 is 0 Å². The quantitative estimate of drug-likeness (QED) is 0.885. The first-order valence-corrected chi connectivity index (χ1v) is 8.53. The van der Waals surface area contributed by atoms with Crippen molar-refractivity contribution >= 4 is 28.2 Å². The highest BCUT2D eigenvalue weighted by Gasteiger charge is 2.32. The Kier molecular flexibility index (Phi) is 3.68. The summed E-state index contributed by atoms with van der Waals surface area (Å²) in [7, 11) is 1.59. The average molecular weight is 347 g/mol. The highest BCUT2D eigenvalue weighted by Crippen LogP contribution is 2.48. The van der Waals surface area contributed by atoms with Gasteiger partial charge in [0.2, 0.25) is 18.4 Å². The van der Waals surface area contributed by atoms with Crippen molar-refractivity contribution in [1.82, 2.24) is 4.98 Å². The maximum Gasteiger partial charge on any atom is 0.231 e. The molecule has 2 aliphatic heterocycles. The fourth-order valence-electron chi connectivity index (χ4n) is 2.97. The number of hydrogen-bond donors (Lipinski definition) is 2. The van der Waals surface area contributed by atoms with Crippen LogP contribution in [0.4, 0.5) is 10.9 Å². The van der Waals surface area contributed by atoms with Crippen molar-refractivity contribution in [3.63, 3.8) is 0 Å². The van der Waals surface area contributed by atoms with Crippen LogP contribution >= 0.6 is 11.3 Å². The van der Waals surface area contributed by atoms with Crippen molar-refractivity contribution in [3.8, 4) is 17.2 Å². The first kappa shape index (κ1) is 15.1. The monoisotopic (exact) mass is 347 g/mol. The molecule has 0 bridgehead atoms. The van der Waals surface area contributed by atoms with Crippen LogP contribution in [0.3, 0.4) is 0 Å². The summed E-state index contributed by atoms with van der Waals surface area (Å²) in [4.78, 5) is 17.6. The fraction of sp³-hybridized carbons (Fsp3) is 0.375. The number of thiazole rings is 1. The Balaban J connectivity index is 1.78. The first-order valence-electron chi connectivity index (χ1n) is 7.71. The van der Waals surface area contributed by atoms with E-state index in [1.165, 1.54) is 0 Å². The number of benzene rings is 1. The van der Waals surface area contributed by atoms with E-state index >= 15 is 0 Å². The number of rotatable bonds is 4. The number of fused-ring (bicyclic) bond motifs is 2. The molecule has 2 N–H and O–H groups in total. The molecular formula is C16H17N3O4S. The van der Waals surface area contributed by atoms with Crippen molar-refractivity contribution in [1.29, 1.82) is 0 Å². The molecule has 1 aromatic heterocycles. The number of carbonyl (C=O) groups is 1. The van der Waals surface area contributed by atoms with Crippen molar-refractivity contribution in [2.75, 3.05) is 31.1 Å². The lowest BCUT2D eigenvalue weighted by Gasteiger charge is -2.22. The average Bonchev–Trinajstić information content (AvgIpc) is 3.19. The van der Waals surface area contributed by atoms with Crippen LogP contribution < -0.4 is 24.8 Å². The molecule has 2 aliphatic rings. The van der Waals surface area contributed by atoms with Crippen LogP contribution in [0.15, 0.2) is 12.1 Å². The summed E-state index contributed by atoms with van der Waals surface area (Å²) in [5.41, 5.74) is 0.957. The molecule has 0 fully saturated rings. The van der Waals surface area contributed by atoms with Gasteiger partial charge in [0.25, 0.3) is 0 Å². The SMILES string of the molecule is CCNc1nc2c(s1)[C@H](c1cc(OC)c3c(c1)OCO3)CC(=O)N2. The van der Waals surface area contributed by atoms with Crippen molar-refractivity contribution < 1.29 is 19.0 Å². The molecule has 4 rings (SSSR count). The molecule has 1 amide bonds. The van der Waals surface area contributed by atoms with Gasteiger partial charge in [-0.2, -0.15) is 0 Å². The summed E-state index contributed by atoms with van der Waals surface area (Å²) in [5.74, 6) is 2.38. The Labute approximate surface area is 142 Å². The van der Waals surface area contributed by atoms with E-state index in [1.54, 1.807) is 18.4 Å². The number of nitrogens with zero attached hydrogens (tertiary/aromatic N) is 1. The Bertz CT molecular complexity index is 805. The number of ether oxygens (including phenoxy) is 3. The van der Waals surface area contributed by atoms with Gasteiger partial charge in [-0.05, 0) is 24.6 Å². The number of amides is 1. The summed E-state index contributed by atoms with van der Waals surface area (Å²) >= 11 is 1.56. The molecule has 0 unspecified atom stereocenters. The van der Waals surface area contributed by atoms with E-state index in [0.717, 1.165) is 22.1 Å². The third-order valence-electron chi connectivity index (χ3n) is 4.03. The van der Waals surface area contributed by atoms with Gasteiger partial charge in [-0.3, -0.25) is 4.79 Å². The molecule has 3 heterocycles. The molecule has 1 atom stereocenters. The maximum absolute atomic E-state index is 12.1. The van der Waals surface area contributed by atoms with E-state index in [-0.39, 0.29) is 18.6 Å². The molecule has 0 spiro atoms. The van der Waals surface area contributed by atoms with Gasteiger partial charge in [-0.1, -0.05) is 11.3 Å². The number of carbonyl (C=O) groups excluding carboxylic acids is 1. The van der Waals surface area contributed by atoms with Crippen LogP contribution in [0.2, 0.25) is 0 Å². The molecule has 126 valence electrons. The zero-order valence-corrected chi connectivity index (χ0v) is 14.2. The Morgan fingerprint density at radius 1 is 1.46 bits per heavy atom. The van der Waals surface area contributed by atoms with Gasteiger partial charge < -0.3 is 24.8 Å². The lowest BCUT2D eigenvalue weighted by atomic mass is 9.91. The molecule has 0 aliphatic carbocycles. The van der Waals surface area contributed by atoms with Crippen LogP contribution in [0.5, 0.6) is 17.2 Å². The van der Waals surface area contributed by atoms with E-state index in [0.29, 0.717) is 29.5 Å². The number of aromatic nitrogens is 1. The molecule has 0 saturated heterocycles. The summed E-state index contributed by atoms with van der Waals surface area (Å²) in [6.07, 6.45) is 0.365. The van der Waals surface area contributed by atoms with Crippen molar-refractivity contribution in [3.05, 3.63) is 22.6 Å². The predicted octanol–water partition coefficient (Wildman–Crippen LogP) is 2.79. The van der Waals surface area contributed by atoms with Gasteiger partial charge in [-0.15, -0.1) is 0 Å². The third kappa shape index (κ3) is 2.43. The van der Waals surface area contributed by atoms with Crippen LogP contribution in [0.25, 0.3) is 0 Å². The Morgan fingerprint density at radius 3 is 3.12 bits per heavy atom. The second-order valence-corrected chi connectivity index (χ2v) is 6.55. The van der Waals surface area contributed by atoms with Gasteiger partial charge in [0.15, 0.2) is 16.6 Å². The largest absolute Gasteiger partial charge is 0.493 e. The van der Waals surface area contributed by atoms with Crippen molar-refractivity contribution in [2.24, 2.45) is 0 Å². The molecular weight excluding hydrogens is 330 g/mol. The van der Waals surface area contributed by atoms with E-state index in [9.17, 15) is 4.79 Å². The summed E-state index contributed by atoms with van der Waals surface area (Å²) in [6, 6.07) is 3.83. The standard InChI is InChI=1S/C16H17N3O4S/c1-3-17-16-19-15-14(24-16)9(6-12(20)18-15)8-4-10(21-2)13-11(5-8)22-7-23-13/h4-5,9H,3,6-7H2,1-2H3,(H,17,19)(H,18,20)/t9-/m0/s1. The minimum absolute atomic E-state index is 0.0440. The summed E-state index contributed by atoms with van der Waals surface area (Å²) in [6.45, 7) is 2.97. The minimum Gasteiger partial charge on any atom is -0.493 e. The highest BCUT2D eigenvalue weighted by atomic mass is 32.1. The van der Waals surface area contributed by atoms with Crippen LogP contribution in [-0.2, 0) is 4.79 Å². The third-order valence-corrected chi connectivity index (χ3v) is 5.16. The van der Waals surface area contributed by atoms with Gasteiger partial charge in [0.05, 0.1) is 12.0 Å². The topological polar surface area (TPSA) is 81.7 Å². The lowest BCUT2D eigenvalue weighted by molar-refractivity contribution is -0.116. The fourth-order valence-corrected chi connectivity index (χ4v) is 4.08. The number of nitrogens with one attached hydrogen (secondary N) is 2. The number of anilines is 2. The zero-order chi connectivity index (χ0) is 16.7. The van der Waals surface area contributed by atoms with Crippen molar-refractivity contribution in [2.45, 2.75) is 19.3 Å². The minimum atomic E-state index is -0.0814. The van der Waals surface area contributed by atoms with Gasteiger partial charge in [0.1, 0.15) is 5.82 Å². The van der Waals surface area contributed by atoms with Crippen LogP contribution in [-0.4, -0.2) is 31.3 Å². The maximum atomic E-state index is 12.1. The molecule has 0 saturated carbocycles. The summed E-state index contributed by atoms with van der Waals surface area (Å²) < 4.78 is 16.4. The molecule has 2 aromatic rings. The van der Waals surface area contributed by atoms with E-state index in [4.69, 9.17) is 14.2 Å². The van der Waals surface area contributed by atoms with Crippen LogP contribution in [0.1, 0.15) is 29.7 Å². The smallest absolute Gasteiger partial charge is 0.231 e. The number of hydrogen-bond acceptors (Lipinski definition) is 7. The zero-order valence-electron chi connectivity index (χ0n) is 13.3. The lowest BCUT2D eigenvalue weighted by Crippen LogP contribution is -2.22. The molecule has 0 radical (unpaired) electrons. The number of methoxy groups -OCH3 is 1. The van der Waals surface area contributed by atoms with E-state index in [1.807, 2.05) is 19.1 Å². The highest BCUT2D eigenvalue weighted by molar-refractivity contribution is 7.16. The second kappa shape index (κ2) is 5.86. The Hall–Kier alpha value is -2.48. The summed E-state index contributed by atoms with van der Waals surface area (Å²) in [5, 5.41) is 6.86. The molecule has 8 heteroatoms. The first-order chi connectivity index (χ1) is 11.7. The van der Waals surface area contributed by atoms with Gasteiger partial charge in [0, 0.05) is 18.9 Å². The normalized spacial score (nSPS) is 18.1. The van der Waals surface area contributed by atoms with Crippen LogP contribution in [0, 0.1) is 0 Å². The Morgan fingerprint density at radius 2 is 2.33 bits per heavy atom. The van der Waals surface area contributed by atoms with E-state index in [2.05, 4.69) is 15.6 Å². The molecule has 1 aromatic carbocycles.